The van der Waals surface area contributed by atoms with Gasteiger partial charge in [-0.05, 0) is 26.7 Å². The number of piperidine rings is 1. The molecule has 0 radical (unpaired) electrons. The Kier molecular flexibility index (Phi) is 4.39. The van der Waals surface area contributed by atoms with Gasteiger partial charge in [0.05, 0.1) is 13.5 Å². The molecule has 0 N–H and O–H groups in total. The molecule has 3 nitrogen and oxygen atoms in total. The summed E-state index contributed by atoms with van der Waals surface area (Å²) in [5, 5.41) is 0. The third kappa shape index (κ3) is 2.98. The summed E-state index contributed by atoms with van der Waals surface area (Å²) in [7, 11) is 1.45. The molecule has 14 heavy (non-hydrogen) atoms. The number of methoxy groups -OCH3 is 1. The van der Waals surface area contributed by atoms with E-state index in [0.29, 0.717) is 18.5 Å². The van der Waals surface area contributed by atoms with Crippen molar-refractivity contribution in [1.82, 2.24) is 4.90 Å². The SMILES string of the molecule is COC(=O)CCN1C(C)CCCC1C. The molecule has 2 unspecified atom stereocenters. The maximum absolute atomic E-state index is 11.0. The second kappa shape index (κ2) is 5.35. The molecule has 1 aliphatic rings. The van der Waals surface area contributed by atoms with Crippen LogP contribution in [0.3, 0.4) is 0 Å². The smallest absolute Gasteiger partial charge is 0.306 e. The van der Waals surface area contributed by atoms with Crippen molar-refractivity contribution in [2.24, 2.45) is 0 Å². The lowest BCUT2D eigenvalue weighted by atomic mass is 9.97. The van der Waals surface area contributed by atoms with Gasteiger partial charge in [0, 0.05) is 18.6 Å². The van der Waals surface area contributed by atoms with Gasteiger partial charge >= 0.3 is 5.97 Å². The van der Waals surface area contributed by atoms with Gasteiger partial charge in [-0.3, -0.25) is 9.69 Å². The number of carbonyl (C=O) groups is 1. The highest BCUT2D eigenvalue weighted by atomic mass is 16.5. The third-order valence-corrected chi connectivity index (χ3v) is 3.18. The number of hydrogen-bond donors (Lipinski definition) is 0. The minimum Gasteiger partial charge on any atom is -0.469 e. The van der Waals surface area contributed by atoms with Crippen molar-refractivity contribution in [2.45, 2.75) is 51.6 Å². The molecule has 1 fully saturated rings. The zero-order chi connectivity index (χ0) is 10.6. The molecule has 0 spiro atoms. The lowest BCUT2D eigenvalue weighted by molar-refractivity contribution is -0.141. The Morgan fingerprint density at radius 1 is 1.36 bits per heavy atom. The molecule has 0 bridgehead atoms. The summed E-state index contributed by atoms with van der Waals surface area (Å²) in [6, 6.07) is 1.23. The first-order valence-corrected chi connectivity index (χ1v) is 5.47. The van der Waals surface area contributed by atoms with Crippen LogP contribution in [0.1, 0.15) is 39.5 Å². The van der Waals surface area contributed by atoms with Crippen molar-refractivity contribution in [2.75, 3.05) is 13.7 Å². The average Bonchev–Trinajstić information content (AvgIpc) is 2.16. The van der Waals surface area contributed by atoms with Crippen LogP contribution in [0.2, 0.25) is 0 Å². The molecule has 82 valence electrons. The molecule has 1 aliphatic heterocycles. The first-order chi connectivity index (χ1) is 6.65. The zero-order valence-corrected chi connectivity index (χ0v) is 9.45. The fourth-order valence-electron chi connectivity index (χ4n) is 2.24. The van der Waals surface area contributed by atoms with Gasteiger partial charge in [-0.2, -0.15) is 0 Å². The van der Waals surface area contributed by atoms with Crippen LogP contribution < -0.4 is 0 Å². The molecule has 0 aliphatic carbocycles. The van der Waals surface area contributed by atoms with Gasteiger partial charge in [0.15, 0.2) is 0 Å². The van der Waals surface area contributed by atoms with Crippen molar-refractivity contribution in [3.63, 3.8) is 0 Å². The van der Waals surface area contributed by atoms with Crippen LogP contribution >= 0.6 is 0 Å². The van der Waals surface area contributed by atoms with Crippen LogP contribution in [0.4, 0.5) is 0 Å². The Morgan fingerprint density at radius 2 is 1.93 bits per heavy atom. The van der Waals surface area contributed by atoms with Crippen molar-refractivity contribution >= 4 is 5.97 Å². The van der Waals surface area contributed by atoms with E-state index in [9.17, 15) is 4.79 Å². The third-order valence-electron chi connectivity index (χ3n) is 3.18. The number of nitrogens with zero attached hydrogens (tertiary/aromatic N) is 1. The van der Waals surface area contributed by atoms with Gasteiger partial charge in [0.25, 0.3) is 0 Å². The monoisotopic (exact) mass is 199 g/mol. The van der Waals surface area contributed by atoms with Crippen LogP contribution in [0.5, 0.6) is 0 Å². The number of ether oxygens (including phenoxy) is 1. The molecule has 0 aromatic heterocycles. The summed E-state index contributed by atoms with van der Waals surface area (Å²) in [5.41, 5.74) is 0. The molecule has 0 aromatic carbocycles. The van der Waals surface area contributed by atoms with Crippen LogP contribution in [0, 0.1) is 0 Å². The molecule has 0 saturated carbocycles. The highest BCUT2D eigenvalue weighted by Crippen LogP contribution is 2.22. The number of rotatable bonds is 3. The van der Waals surface area contributed by atoms with E-state index in [0.717, 1.165) is 6.54 Å². The summed E-state index contributed by atoms with van der Waals surface area (Å²) in [4.78, 5) is 13.4. The predicted molar refractivity (Wildman–Crippen MR) is 56.1 cm³/mol. The van der Waals surface area contributed by atoms with Crippen LogP contribution in [-0.2, 0) is 9.53 Å². The van der Waals surface area contributed by atoms with Crippen LogP contribution in [-0.4, -0.2) is 36.6 Å². The number of carbonyl (C=O) groups excluding carboxylic acids is 1. The van der Waals surface area contributed by atoms with Crippen molar-refractivity contribution in [1.29, 1.82) is 0 Å². The second-order valence-electron chi connectivity index (χ2n) is 4.19. The van der Waals surface area contributed by atoms with E-state index in [1.165, 1.54) is 26.4 Å². The zero-order valence-electron chi connectivity index (χ0n) is 9.45. The lowest BCUT2D eigenvalue weighted by Crippen LogP contribution is -2.44. The van der Waals surface area contributed by atoms with E-state index in [2.05, 4.69) is 23.5 Å². The van der Waals surface area contributed by atoms with E-state index < -0.39 is 0 Å². The molecular formula is C11H21NO2. The summed E-state index contributed by atoms with van der Waals surface area (Å²) in [5.74, 6) is -0.102. The highest BCUT2D eigenvalue weighted by Gasteiger charge is 2.24. The molecule has 0 aromatic rings. The molecule has 0 amide bonds. The molecule has 3 heteroatoms. The molecule has 1 rings (SSSR count). The summed E-state index contributed by atoms with van der Waals surface area (Å²) >= 11 is 0. The number of esters is 1. The van der Waals surface area contributed by atoms with E-state index in [1.54, 1.807) is 0 Å². The lowest BCUT2D eigenvalue weighted by Gasteiger charge is -2.38. The number of hydrogen-bond acceptors (Lipinski definition) is 3. The van der Waals surface area contributed by atoms with Gasteiger partial charge in [-0.1, -0.05) is 6.42 Å². The van der Waals surface area contributed by atoms with Gasteiger partial charge in [-0.25, -0.2) is 0 Å². The van der Waals surface area contributed by atoms with Gasteiger partial charge in [-0.15, -0.1) is 0 Å². The first kappa shape index (κ1) is 11.5. The van der Waals surface area contributed by atoms with Crippen molar-refractivity contribution in [3.05, 3.63) is 0 Å². The minimum atomic E-state index is -0.102. The standard InChI is InChI=1S/C11H21NO2/c1-9-5-4-6-10(2)12(9)8-7-11(13)14-3/h9-10H,4-8H2,1-3H3. The van der Waals surface area contributed by atoms with E-state index >= 15 is 0 Å². The average molecular weight is 199 g/mol. The highest BCUT2D eigenvalue weighted by molar-refractivity contribution is 5.69. The van der Waals surface area contributed by atoms with Gasteiger partial charge in [0.2, 0.25) is 0 Å². The van der Waals surface area contributed by atoms with E-state index in [1.807, 2.05) is 0 Å². The second-order valence-corrected chi connectivity index (χ2v) is 4.19. The Balaban J connectivity index is 2.36. The predicted octanol–water partition coefficient (Wildman–Crippen LogP) is 1.81. The Morgan fingerprint density at radius 3 is 2.43 bits per heavy atom. The van der Waals surface area contributed by atoms with Crippen LogP contribution in [0.15, 0.2) is 0 Å². The van der Waals surface area contributed by atoms with E-state index in [4.69, 9.17) is 0 Å². The summed E-state index contributed by atoms with van der Waals surface area (Å²) < 4.78 is 4.65. The van der Waals surface area contributed by atoms with Crippen molar-refractivity contribution < 1.29 is 9.53 Å². The summed E-state index contributed by atoms with van der Waals surface area (Å²) in [6.45, 7) is 5.33. The largest absolute Gasteiger partial charge is 0.469 e. The molecule has 1 heterocycles. The molecule has 1 saturated heterocycles. The number of likely N-dealkylation sites (tertiary alicyclic amines) is 1. The Labute approximate surface area is 86.4 Å². The van der Waals surface area contributed by atoms with Crippen LogP contribution in [0.25, 0.3) is 0 Å². The molecular weight excluding hydrogens is 178 g/mol. The Hall–Kier alpha value is -0.570. The van der Waals surface area contributed by atoms with Gasteiger partial charge in [0.1, 0.15) is 0 Å². The van der Waals surface area contributed by atoms with E-state index in [-0.39, 0.29) is 5.97 Å². The normalized spacial score (nSPS) is 28.8. The fourth-order valence-corrected chi connectivity index (χ4v) is 2.24. The molecule has 2 atom stereocenters. The maximum Gasteiger partial charge on any atom is 0.306 e. The Bertz CT molecular complexity index is 184. The maximum atomic E-state index is 11.0. The first-order valence-electron chi connectivity index (χ1n) is 5.47. The topological polar surface area (TPSA) is 29.5 Å². The van der Waals surface area contributed by atoms with Crippen molar-refractivity contribution in [3.8, 4) is 0 Å². The minimum absolute atomic E-state index is 0.102. The van der Waals surface area contributed by atoms with Gasteiger partial charge < -0.3 is 4.74 Å². The quantitative estimate of drug-likeness (QED) is 0.649. The summed E-state index contributed by atoms with van der Waals surface area (Å²) in [6.07, 6.45) is 4.35. The fraction of sp³-hybridized carbons (Fsp3) is 0.909.